The summed E-state index contributed by atoms with van der Waals surface area (Å²) in [5.74, 6) is 0.973. The van der Waals surface area contributed by atoms with E-state index in [1.54, 1.807) is 0 Å². The van der Waals surface area contributed by atoms with Crippen molar-refractivity contribution in [2.75, 3.05) is 31.1 Å². The lowest BCUT2D eigenvalue weighted by atomic mass is 10.2. The summed E-state index contributed by atoms with van der Waals surface area (Å²) in [6.45, 7) is 9.08. The zero-order chi connectivity index (χ0) is 13.9. The smallest absolute Gasteiger partial charge is 0.119 e. The highest BCUT2D eigenvalue weighted by Crippen LogP contribution is 2.26. The molecule has 2 aliphatic heterocycles. The fourth-order valence-electron chi connectivity index (χ4n) is 3.45. The molecule has 0 N–H and O–H groups in total. The standard InChI is InChI=1S/C17H26N2O/c1-14(2)20-17-8-6-15(7-9-17)19-12-4-11-18-10-3-5-16(18)13-19/h6-9,14,16H,3-5,10-13H2,1-2H3. The number of nitrogens with zero attached hydrogens (tertiary/aromatic N) is 2. The molecule has 2 fully saturated rings. The maximum atomic E-state index is 5.72. The highest BCUT2D eigenvalue weighted by atomic mass is 16.5. The number of hydrogen-bond donors (Lipinski definition) is 0. The Hall–Kier alpha value is -1.22. The molecule has 0 bridgehead atoms. The van der Waals surface area contributed by atoms with Crippen LogP contribution in [0.4, 0.5) is 5.69 Å². The molecule has 2 heterocycles. The number of rotatable bonds is 3. The molecule has 2 aliphatic rings. The lowest BCUT2D eigenvalue weighted by Gasteiger charge is -2.27. The van der Waals surface area contributed by atoms with E-state index in [2.05, 4.69) is 47.9 Å². The van der Waals surface area contributed by atoms with E-state index in [1.165, 1.54) is 51.1 Å². The van der Waals surface area contributed by atoms with Crippen LogP contribution in [0.3, 0.4) is 0 Å². The third-order valence-electron chi connectivity index (χ3n) is 4.38. The minimum absolute atomic E-state index is 0.242. The summed E-state index contributed by atoms with van der Waals surface area (Å²) in [7, 11) is 0. The predicted molar refractivity (Wildman–Crippen MR) is 83.6 cm³/mol. The van der Waals surface area contributed by atoms with Crippen molar-refractivity contribution < 1.29 is 4.74 Å². The molecule has 0 spiro atoms. The van der Waals surface area contributed by atoms with Gasteiger partial charge in [-0.3, -0.25) is 4.90 Å². The molecular weight excluding hydrogens is 248 g/mol. The first kappa shape index (κ1) is 13.7. The molecule has 2 saturated heterocycles. The van der Waals surface area contributed by atoms with Gasteiger partial charge in [-0.1, -0.05) is 0 Å². The number of benzene rings is 1. The minimum Gasteiger partial charge on any atom is -0.491 e. The first-order valence-corrected chi connectivity index (χ1v) is 7.98. The topological polar surface area (TPSA) is 15.7 Å². The van der Waals surface area contributed by atoms with Crippen molar-refractivity contribution in [2.45, 2.75) is 45.3 Å². The van der Waals surface area contributed by atoms with Gasteiger partial charge >= 0.3 is 0 Å². The summed E-state index contributed by atoms with van der Waals surface area (Å²) in [6.07, 6.45) is 4.26. The number of anilines is 1. The summed E-state index contributed by atoms with van der Waals surface area (Å²) in [5.41, 5.74) is 1.34. The molecule has 3 heteroatoms. The molecule has 0 radical (unpaired) electrons. The fraction of sp³-hybridized carbons (Fsp3) is 0.647. The van der Waals surface area contributed by atoms with Crippen LogP contribution in [0.15, 0.2) is 24.3 Å². The van der Waals surface area contributed by atoms with E-state index in [0.717, 1.165) is 11.8 Å². The van der Waals surface area contributed by atoms with Crippen LogP contribution >= 0.6 is 0 Å². The zero-order valence-corrected chi connectivity index (χ0v) is 12.7. The maximum Gasteiger partial charge on any atom is 0.119 e. The summed E-state index contributed by atoms with van der Waals surface area (Å²) in [5, 5.41) is 0. The molecule has 1 aromatic rings. The van der Waals surface area contributed by atoms with E-state index >= 15 is 0 Å². The second-order valence-electron chi connectivity index (χ2n) is 6.29. The van der Waals surface area contributed by atoms with Crippen molar-refractivity contribution >= 4 is 5.69 Å². The van der Waals surface area contributed by atoms with E-state index in [4.69, 9.17) is 4.74 Å². The number of hydrogen-bond acceptors (Lipinski definition) is 3. The Kier molecular flexibility index (Phi) is 4.16. The van der Waals surface area contributed by atoms with Crippen LogP contribution in [0.5, 0.6) is 5.75 Å². The quantitative estimate of drug-likeness (QED) is 0.842. The Balaban J connectivity index is 1.68. The Bertz CT molecular complexity index is 429. The van der Waals surface area contributed by atoms with Crippen LogP contribution < -0.4 is 9.64 Å². The van der Waals surface area contributed by atoms with Crippen LogP contribution in [-0.4, -0.2) is 43.2 Å². The highest BCUT2D eigenvalue weighted by Gasteiger charge is 2.28. The number of fused-ring (bicyclic) bond motifs is 1. The van der Waals surface area contributed by atoms with Crippen LogP contribution in [0.1, 0.15) is 33.1 Å². The molecule has 110 valence electrons. The number of ether oxygens (including phenoxy) is 1. The minimum atomic E-state index is 0.242. The van der Waals surface area contributed by atoms with Crippen LogP contribution in [-0.2, 0) is 0 Å². The van der Waals surface area contributed by atoms with E-state index in [9.17, 15) is 0 Å². The normalized spacial score (nSPS) is 23.8. The average Bonchev–Trinajstić information content (AvgIpc) is 2.76. The van der Waals surface area contributed by atoms with Crippen molar-refractivity contribution in [2.24, 2.45) is 0 Å². The van der Waals surface area contributed by atoms with Crippen LogP contribution in [0, 0.1) is 0 Å². The molecular formula is C17H26N2O. The van der Waals surface area contributed by atoms with Gasteiger partial charge in [0.05, 0.1) is 6.10 Å². The zero-order valence-electron chi connectivity index (χ0n) is 12.7. The summed E-state index contributed by atoms with van der Waals surface area (Å²) >= 11 is 0. The molecule has 0 aromatic heterocycles. The van der Waals surface area contributed by atoms with Gasteiger partial charge in [0.1, 0.15) is 5.75 Å². The van der Waals surface area contributed by atoms with Gasteiger partial charge in [0.2, 0.25) is 0 Å². The second-order valence-corrected chi connectivity index (χ2v) is 6.29. The van der Waals surface area contributed by atoms with Gasteiger partial charge in [-0.15, -0.1) is 0 Å². The largest absolute Gasteiger partial charge is 0.491 e. The molecule has 0 aliphatic carbocycles. The van der Waals surface area contributed by atoms with E-state index < -0.39 is 0 Å². The highest BCUT2D eigenvalue weighted by molar-refractivity contribution is 5.49. The van der Waals surface area contributed by atoms with Crippen molar-refractivity contribution in [1.29, 1.82) is 0 Å². The Morgan fingerprint density at radius 2 is 1.80 bits per heavy atom. The van der Waals surface area contributed by atoms with E-state index in [-0.39, 0.29) is 6.10 Å². The van der Waals surface area contributed by atoms with Gasteiger partial charge in [0.25, 0.3) is 0 Å². The van der Waals surface area contributed by atoms with Gasteiger partial charge in [-0.25, -0.2) is 0 Å². The Morgan fingerprint density at radius 3 is 2.55 bits per heavy atom. The van der Waals surface area contributed by atoms with Crippen molar-refractivity contribution in [3.63, 3.8) is 0 Å². The molecule has 0 amide bonds. The molecule has 0 saturated carbocycles. The molecule has 3 rings (SSSR count). The summed E-state index contributed by atoms with van der Waals surface area (Å²) in [6, 6.07) is 9.40. The molecule has 1 unspecified atom stereocenters. The molecule has 3 nitrogen and oxygen atoms in total. The SMILES string of the molecule is CC(C)Oc1ccc(N2CCCN3CCCC3C2)cc1. The Morgan fingerprint density at radius 1 is 1.05 bits per heavy atom. The van der Waals surface area contributed by atoms with Gasteiger partial charge in [0.15, 0.2) is 0 Å². The lowest BCUT2D eigenvalue weighted by Crippen LogP contribution is -2.36. The van der Waals surface area contributed by atoms with Gasteiger partial charge < -0.3 is 9.64 Å². The van der Waals surface area contributed by atoms with Crippen LogP contribution in [0.25, 0.3) is 0 Å². The van der Waals surface area contributed by atoms with Gasteiger partial charge in [-0.2, -0.15) is 0 Å². The van der Waals surface area contributed by atoms with Gasteiger partial charge in [-0.05, 0) is 63.9 Å². The third kappa shape index (κ3) is 3.09. The summed E-state index contributed by atoms with van der Waals surface area (Å²) < 4.78 is 5.72. The third-order valence-corrected chi connectivity index (χ3v) is 4.38. The second kappa shape index (κ2) is 6.04. The maximum absolute atomic E-state index is 5.72. The molecule has 1 atom stereocenters. The molecule has 20 heavy (non-hydrogen) atoms. The molecule has 1 aromatic carbocycles. The van der Waals surface area contributed by atoms with E-state index in [0.29, 0.717) is 0 Å². The average molecular weight is 274 g/mol. The monoisotopic (exact) mass is 274 g/mol. The first-order chi connectivity index (χ1) is 9.72. The van der Waals surface area contributed by atoms with Crippen LogP contribution in [0.2, 0.25) is 0 Å². The summed E-state index contributed by atoms with van der Waals surface area (Å²) in [4.78, 5) is 5.23. The first-order valence-electron chi connectivity index (χ1n) is 7.98. The van der Waals surface area contributed by atoms with Crippen molar-refractivity contribution in [3.8, 4) is 5.75 Å². The van der Waals surface area contributed by atoms with E-state index in [1.807, 2.05) is 0 Å². The lowest BCUT2D eigenvalue weighted by molar-refractivity contribution is 0.242. The van der Waals surface area contributed by atoms with Gasteiger partial charge in [0, 0.05) is 31.4 Å². The van der Waals surface area contributed by atoms with Crippen molar-refractivity contribution in [1.82, 2.24) is 4.90 Å². The Labute approximate surface area is 122 Å². The predicted octanol–water partition coefficient (Wildman–Crippen LogP) is 3.15. The van der Waals surface area contributed by atoms with Crippen molar-refractivity contribution in [3.05, 3.63) is 24.3 Å². The fourth-order valence-corrected chi connectivity index (χ4v) is 3.45.